The molecule has 0 fully saturated rings. The Bertz CT molecular complexity index is 513. The number of nitrogens with two attached hydrogens (primary N) is 1. The molecule has 0 spiro atoms. The number of nitriles is 1. The molecule has 0 bridgehead atoms. The van der Waals surface area contributed by atoms with E-state index in [1.807, 2.05) is 12.1 Å². The van der Waals surface area contributed by atoms with Crippen molar-refractivity contribution in [1.29, 1.82) is 5.26 Å². The van der Waals surface area contributed by atoms with Gasteiger partial charge in [0.15, 0.2) is 0 Å². The van der Waals surface area contributed by atoms with Crippen molar-refractivity contribution in [1.82, 2.24) is 0 Å². The summed E-state index contributed by atoms with van der Waals surface area (Å²) in [5.74, 6) is 0.0742. The molecule has 4 heteroatoms. The van der Waals surface area contributed by atoms with Crippen molar-refractivity contribution >= 4 is 12.0 Å². The molecule has 2 N–H and O–H groups in total. The van der Waals surface area contributed by atoms with Crippen molar-refractivity contribution in [2.24, 2.45) is 5.73 Å². The summed E-state index contributed by atoms with van der Waals surface area (Å²) in [6.07, 6.45) is 7.50. The van der Waals surface area contributed by atoms with Crippen LogP contribution in [0.3, 0.4) is 0 Å². The lowest BCUT2D eigenvalue weighted by Crippen LogP contribution is -2.12. The van der Waals surface area contributed by atoms with E-state index in [9.17, 15) is 4.79 Å². The van der Waals surface area contributed by atoms with Gasteiger partial charge in [-0.3, -0.25) is 4.79 Å². The van der Waals surface area contributed by atoms with Crippen LogP contribution >= 0.6 is 0 Å². The van der Waals surface area contributed by atoms with E-state index in [-0.39, 0.29) is 5.57 Å². The molecule has 4 nitrogen and oxygen atoms in total. The fourth-order valence-electron chi connectivity index (χ4n) is 1.88. The normalized spacial score (nSPS) is 11.0. The number of benzene rings is 1. The summed E-state index contributed by atoms with van der Waals surface area (Å²) in [5.41, 5.74) is 5.78. The molecule has 0 heterocycles. The summed E-state index contributed by atoms with van der Waals surface area (Å²) in [5, 5.41) is 8.77. The average molecular weight is 286 g/mol. The van der Waals surface area contributed by atoms with E-state index in [0.29, 0.717) is 6.61 Å². The summed E-state index contributed by atoms with van der Waals surface area (Å²) in [7, 11) is 0. The Hall–Kier alpha value is -2.28. The zero-order valence-corrected chi connectivity index (χ0v) is 12.5. The number of primary amides is 1. The maximum Gasteiger partial charge on any atom is 0.259 e. The number of nitrogens with zero attached hydrogens (tertiary/aromatic N) is 1. The third kappa shape index (κ3) is 6.62. The Balaban J connectivity index is 2.44. The molecule has 21 heavy (non-hydrogen) atoms. The number of carbonyl (C=O) groups excluding carboxylic acids is 1. The Morgan fingerprint density at radius 2 is 1.90 bits per heavy atom. The van der Waals surface area contributed by atoms with Gasteiger partial charge in [-0.2, -0.15) is 5.26 Å². The van der Waals surface area contributed by atoms with Crippen LogP contribution in [-0.4, -0.2) is 12.5 Å². The number of hydrogen-bond donors (Lipinski definition) is 1. The van der Waals surface area contributed by atoms with Gasteiger partial charge in [0.1, 0.15) is 17.4 Å². The maximum atomic E-state index is 11.0. The van der Waals surface area contributed by atoms with E-state index in [1.54, 1.807) is 18.2 Å². The van der Waals surface area contributed by atoms with Gasteiger partial charge >= 0.3 is 0 Å². The molecule has 1 rings (SSSR count). The van der Waals surface area contributed by atoms with Crippen LogP contribution in [-0.2, 0) is 4.79 Å². The van der Waals surface area contributed by atoms with Gasteiger partial charge in [0, 0.05) is 0 Å². The quantitative estimate of drug-likeness (QED) is 0.429. The summed E-state index contributed by atoms with van der Waals surface area (Å²) >= 11 is 0. The average Bonchev–Trinajstić information content (AvgIpc) is 2.49. The highest BCUT2D eigenvalue weighted by molar-refractivity contribution is 6.00. The van der Waals surface area contributed by atoms with Crippen molar-refractivity contribution < 1.29 is 9.53 Å². The lowest BCUT2D eigenvalue weighted by atomic mass is 10.1. The molecule has 0 aliphatic carbocycles. The molecule has 0 radical (unpaired) electrons. The van der Waals surface area contributed by atoms with Crippen LogP contribution in [0.1, 0.15) is 44.6 Å². The molecule has 0 aromatic heterocycles. The zero-order valence-electron chi connectivity index (χ0n) is 12.5. The monoisotopic (exact) mass is 286 g/mol. The van der Waals surface area contributed by atoms with Crippen molar-refractivity contribution in [2.75, 3.05) is 6.61 Å². The van der Waals surface area contributed by atoms with Crippen LogP contribution in [0.25, 0.3) is 6.08 Å². The van der Waals surface area contributed by atoms with E-state index < -0.39 is 5.91 Å². The van der Waals surface area contributed by atoms with Crippen molar-refractivity contribution in [2.45, 2.75) is 39.0 Å². The van der Waals surface area contributed by atoms with Crippen LogP contribution in [0, 0.1) is 11.3 Å². The number of ether oxygens (including phenoxy) is 1. The Morgan fingerprint density at radius 1 is 1.24 bits per heavy atom. The van der Waals surface area contributed by atoms with E-state index in [4.69, 9.17) is 15.7 Å². The Morgan fingerprint density at radius 3 is 2.48 bits per heavy atom. The van der Waals surface area contributed by atoms with E-state index in [1.165, 1.54) is 31.8 Å². The minimum atomic E-state index is -0.718. The third-order valence-corrected chi connectivity index (χ3v) is 3.09. The number of rotatable bonds is 9. The molecule has 1 aromatic carbocycles. The predicted octanol–water partition coefficient (Wildman–Crippen LogP) is 3.43. The highest BCUT2D eigenvalue weighted by Crippen LogP contribution is 2.15. The first-order valence-electron chi connectivity index (χ1n) is 7.32. The smallest absolute Gasteiger partial charge is 0.259 e. The number of carbonyl (C=O) groups is 1. The van der Waals surface area contributed by atoms with E-state index in [2.05, 4.69) is 6.92 Å². The highest BCUT2D eigenvalue weighted by atomic mass is 16.5. The van der Waals surface area contributed by atoms with Gasteiger partial charge in [-0.25, -0.2) is 0 Å². The first-order valence-corrected chi connectivity index (χ1v) is 7.32. The van der Waals surface area contributed by atoms with E-state index >= 15 is 0 Å². The van der Waals surface area contributed by atoms with Crippen LogP contribution in [0.2, 0.25) is 0 Å². The highest BCUT2D eigenvalue weighted by Gasteiger charge is 2.03. The second-order valence-electron chi connectivity index (χ2n) is 4.87. The first kappa shape index (κ1) is 16.8. The summed E-state index contributed by atoms with van der Waals surface area (Å²) < 4.78 is 5.64. The number of amides is 1. The van der Waals surface area contributed by atoms with Crippen LogP contribution in [0.5, 0.6) is 5.75 Å². The molecule has 112 valence electrons. The SMILES string of the molecule is CCCCCCCOc1ccc(/C=C(\C#N)C(N)=O)cc1. The maximum absolute atomic E-state index is 11.0. The fraction of sp³-hybridized carbons (Fsp3) is 0.412. The second kappa shape index (κ2) is 9.60. The standard InChI is InChI=1S/C17H22N2O2/c1-2-3-4-5-6-11-21-16-9-7-14(8-10-16)12-15(13-18)17(19)20/h7-10,12H,2-6,11H2,1H3,(H2,19,20)/b15-12+. The topological polar surface area (TPSA) is 76.1 Å². The lowest BCUT2D eigenvalue weighted by molar-refractivity contribution is -0.114. The molecule has 1 amide bonds. The van der Waals surface area contributed by atoms with Gasteiger partial charge < -0.3 is 10.5 Å². The van der Waals surface area contributed by atoms with Crippen LogP contribution in [0.15, 0.2) is 29.8 Å². The molecule has 1 aromatic rings. The molecule has 0 saturated carbocycles. The van der Waals surface area contributed by atoms with Crippen molar-refractivity contribution in [3.05, 3.63) is 35.4 Å². The first-order chi connectivity index (χ1) is 10.2. The van der Waals surface area contributed by atoms with Gasteiger partial charge in [-0.1, -0.05) is 44.7 Å². The molecule has 0 aliphatic heterocycles. The van der Waals surface area contributed by atoms with Crippen LogP contribution in [0.4, 0.5) is 0 Å². The second-order valence-corrected chi connectivity index (χ2v) is 4.87. The molecular formula is C17H22N2O2. The van der Waals surface area contributed by atoms with Crippen molar-refractivity contribution in [3.63, 3.8) is 0 Å². The molecule has 0 aliphatic rings. The molecular weight excluding hydrogens is 264 g/mol. The van der Waals surface area contributed by atoms with Gasteiger partial charge in [0.05, 0.1) is 6.61 Å². The number of hydrogen-bond acceptors (Lipinski definition) is 3. The zero-order chi connectivity index (χ0) is 15.5. The van der Waals surface area contributed by atoms with E-state index in [0.717, 1.165) is 17.7 Å². The van der Waals surface area contributed by atoms with Gasteiger partial charge in [-0.15, -0.1) is 0 Å². The lowest BCUT2D eigenvalue weighted by Gasteiger charge is -2.06. The minimum absolute atomic E-state index is 0.0559. The van der Waals surface area contributed by atoms with Gasteiger partial charge in [-0.05, 0) is 30.2 Å². The van der Waals surface area contributed by atoms with Crippen molar-refractivity contribution in [3.8, 4) is 11.8 Å². The summed E-state index contributed by atoms with van der Waals surface area (Å²) in [6.45, 7) is 2.91. The van der Waals surface area contributed by atoms with Crippen LogP contribution < -0.4 is 10.5 Å². The van der Waals surface area contributed by atoms with Gasteiger partial charge in [0.25, 0.3) is 5.91 Å². The fourth-order valence-corrected chi connectivity index (χ4v) is 1.88. The molecule has 0 saturated heterocycles. The summed E-state index contributed by atoms with van der Waals surface area (Å²) in [6, 6.07) is 9.03. The largest absolute Gasteiger partial charge is 0.494 e. The molecule has 0 atom stereocenters. The Labute approximate surface area is 126 Å². The Kier molecular flexibility index (Phi) is 7.67. The summed E-state index contributed by atoms with van der Waals surface area (Å²) in [4.78, 5) is 11.0. The predicted molar refractivity (Wildman–Crippen MR) is 83.5 cm³/mol. The minimum Gasteiger partial charge on any atom is -0.494 e. The number of unbranched alkanes of at least 4 members (excludes halogenated alkanes) is 4. The van der Waals surface area contributed by atoms with Gasteiger partial charge in [0.2, 0.25) is 0 Å². The third-order valence-electron chi connectivity index (χ3n) is 3.09. The molecule has 0 unspecified atom stereocenters.